The highest BCUT2D eigenvalue weighted by Gasteiger charge is 2.14. The minimum atomic E-state index is -0.802. The Morgan fingerprint density at radius 1 is 1.33 bits per heavy atom. The molecule has 0 radical (unpaired) electrons. The molecule has 24 heavy (non-hydrogen) atoms. The molecular weight excluding hydrogens is 317 g/mol. The van der Waals surface area contributed by atoms with Gasteiger partial charge in [-0.3, -0.25) is 4.79 Å². The van der Waals surface area contributed by atoms with Gasteiger partial charge in [-0.1, -0.05) is 0 Å². The van der Waals surface area contributed by atoms with Gasteiger partial charge in [0.05, 0.1) is 18.9 Å². The van der Waals surface area contributed by atoms with Gasteiger partial charge >= 0.3 is 5.97 Å². The summed E-state index contributed by atoms with van der Waals surface area (Å²) < 4.78 is 24.8. The Morgan fingerprint density at radius 2 is 2.08 bits per heavy atom. The van der Waals surface area contributed by atoms with Crippen LogP contribution in [0.1, 0.15) is 30.2 Å². The molecule has 1 heterocycles. The molecule has 0 saturated heterocycles. The fourth-order valence-electron chi connectivity index (χ4n) is 2.01. The number of benzene rings is 1. The molecule has 1 aromatic heterocycles. The van der Waals surface area contributed by atoms with Gasteiger partial charge < -0.3 is 14.8 Å². The largest absolute Gasteiger partial charge is 0.494 e. The number of ether oxygens (including phenoxy) is 2. The zero-order valence-corrected chi connectivity index (χ0v) is 13.6. The third-order valence-corrected chi connectivity index (χ3v) is 3.15. The normalized spacial score (nSPS) is 10.5. The Bertz CT molecular complexity index is 743. The first-order chi connectivity index (χ1) is 11.4. The van der Waals surface area contributed by atoms with Crippen LogP contribution in [0.25, 0.3) is 0 Å². The fourth-order valence-corrected chi connectivity index (χ4v) is 2.01. The molecule has 0 saturated carbocycles. The van der Waals surface area contributed by atoms with Crippen molar-refractivity contribution in [3.63, 3.8) is 0 Å². The lowest BCUT2D eigenvalue weighted by Gasteiger charge is -2.12. The van der Waals surface area contributed by atoms with Crippen LogP contribution in [0.5, 0.6) is 5.75 Å². The van der Waals surface area contributed by atoms with Gasteiger partial charge in [0, 0.05) is 12.1 Å². The van der Waals surface area contributed by atoms with Crippen molar-refractivity contribution < 1.29 is 23.5 Å². The van der Waals surface area contributed by atoms with Gasteiger partial charge in [-0.2, -0.15) is 5.10 Å². The van der Waals surface area contributed by atoms with E-state index in [0.29, 0.717) is 5.82 Å². The molecule has 128 valence electrons. The minimum Gasteiger partial charge on any atom is -0.494 e. The van der Waals surface area contributed by atoms with Crippen LogP contribution >= 0.6 is 0 Å². The Morgan fingerprint density at radius 3 is 2.71 bits per heavy atom. The van der Waals surface area contributed by atoms with E-state index < -0.39 is 24.3 Å². The lowest BCUT2D eigenvalue weighted by atomic mass is 10.2. The van der Waals surface area contributed by atoms with Gasteiger partial charge in [0.25, 0.3) is 5.91 Å². The zero-order chi connectivity index (χ0) is 17.7. The molecule has 0 fully saturated rings. The Labute approximate surface area is 138 Å². The van der Waals surface area contributed by atoms with Gasteiger partial charge in [0.15, 0.2) is 18.2 Å². The number of nitrogens with one attached hydrogen (secondary N) is 1. The van der Waals surface area contributed by atoms with Crippen molar-refractivity contribution in [3.8, 4) is 5.75 Å². The Balaban J connectivity index is 1.92. The Kier molecular flexibility index (Phi) is 5.51. The Hall–Kier alpha value is -2.90. The van der Waals surface area contributed by atoms with Crippen LogP contribution in [0.2, 0.25) is 0 Å². The summed E-state index contributed by atoms with van der Waals surface area (Å²) >= 11 is 0. The van der Waals surface area contributed by atoms with Crippen molar-refractivity contribution >= 4 is 17.7 Å². The first-order valence-corrected chi connectivity index (χ1v) is 7.26. The zero-order valence-electron chi connectivity index (χ0n) is 13.6. The van der Waals surface area contributed by atoms with Crippen LogP contribution in [0.3, 0.4) is 0 Å². The lowest BCUT2D eigenvalue weighted by molar-refractivity contribution is -0.119. The van der Waals surface area contributed by atoms with Crippen molar-refractivity contribution in [2.24, 2.45) is 0 Å². The van der Waals surface area contributed by atoms with Crippen LogP contribution in [-0.4, -0.2) is 35.4 Å². The summed E-state index contributed by atoms with van der Waals surface area (Å²) in [6, 6.07) is 5.37. The van der Waals surface area contributed by atoms with E-state index in [1.165, 1.54) is 19.2 Å². The van der Waals surface area contributed by atoms with E-state index in [2.05, 4.69) is 10.4 Å². The number of hydrogen-bond donors (Lipinski definition) is 1. The molecule has 2 rings (SSSR count). The van der Waals surface area contributed by atoms with Gasteiger partial charge in [-0.05, 0) is 32.0 Å². The molecule has 0 unspecified atom stereocenters. The van der Waals surface area contributed by atoms with Gasteiger partial charge in [0.2, 0.25) is 0 Å². The first kappa shape index (κ1) is 17.5. The van der Waals surface area contributed by atoms with Gasteiger partial charge in [0.1, 0.15) is 5.82 Å². The molecule has 0 aliphatic rings. The molecule has 1 amide bonds. The fraction of sp³-hybridized carbons (Fsp3) is 0.312. The average molecular weight is 335 g/mol. The van der Waals surface area contributed by atoms with Crippen LogP contribution < -0.4 is 10.1 Å². The molecule has 0 spiro atoms. The third kappa shape index (κ3) is 4.09. The van der Waals surface area contributed by atoms with Crippen LogP contribution in [0.4, 0.5) is 10.2 Å². The van der Waals surface area contributed by atoms with Crippen molar-refractivity contribution in [2.75, 3.05) is 19.0 Å². The number of aromatic nitrogens is 2. The number of hydrogen-bond acceptors (Lipinski definition) is 5. The minimum absolute atomic E-state index is 0.00618. The maximum Gasteiger partial charge on any atom is 0.338 e. The summed E-state index contributed by atoms with van der Waals surface area (Å²) in [5, 5.41) is 6.68. The van der Waals surface area contributed by atoms with Crippen LogP contribution in [0.15, 0.2) is 30.5 Å². The summed E-state index contributed by atoms with van der Waals surface area (Å²) in [6.07, 6.45) is 1.56. The molecule has 0 atom stereocenters. The van der Waals surface area contributed by atoms with E-state index >= 15 is 0 Å². The number of anilines is 1. The molecule has 1 N–H and O–H groups in total. The maximum absolute atomic E-state index is 13.6. The standard InChI is InChI=1S/C16H18FN3O4/c1-10(2)20-14(6-7-18-20)19-15(21)9-24-16(22)11-4-5-13(23-3)12(17)8-11/h4-8,10H,9H2,1-3H3,(H,19,21). The number of methoxy groups -OCH3 is 1. The molecule has 1 aromatic carbocycles. The number of nitrogens with zero attached hydrogens (tertiary/aromatic N) is 2. The summed E-state index contributed by atoms with van der Waals surface area (Å²) in [5.41, 5.74) is -0.00618. The highest BCUT2D eigenvalue weighted by molar-refractivity contribution is 5.95. The summed E-state index contributed by atoms with van der Waals surface area (Å²) in [5.74, 6) is -1.48. The van der Waals surface area contributed by atoms with Crippen molar-refractivity contribution in [1.82, 2.24) is 9.78 Å². The number of carbonyl (C=O) groups excluding carboxylic acids is 2. The van der Waals surface area contributed by atoms with E-state index in [1.807, 2.05) is 13.8 Å². The second kappa shape index (κ2) is 7.58. The molecule has 0 bridgehead atoms. The number of carbonyl (C=O) groups is 2. The predicted molar refractivity (Wildman–Crippen MR) is 84.5 cm³/mol. The van der Waals surface area contributed by atoms with Crippen molar-refractivity contribution in [2.45, 2.75) is 19.9 Å². The van der Waals surface area contributed by atoms with E-state index in [4.69, 9.17) is 9.47 Å². The van der Waals surface area contributed by atoms with Crippen LogP contribution in [-0.2, 0) is 9.53 Å². The second-order valence-corrected chi connectivity index (χ2v) is 5.23. The van der Waals surface area contributed by atoms with E-state index in [9.17, 15) is 14.0 Å². The molecule has 8 heteroatoms. The van der Waals surface area contributed by atoms with Gasteiger partial charge in [-0.15, -0.1) is 0 Å². The topological polar surface area (TPSA) is 82.4 Å². The first-order valence-electron chi connectivity index (χ1n) is 7.26. The SMILES string of the molecule is COc1ccc(C(=O)OCC(=O)Nc2ccnn2C(C)C)cc1F. The highest BCUT2D eigenvalue weighted by Crippen LogP contribution is 2.18. The molecule has 2 aromatic rings. The summed E-state index contributed by atoms with van der Waals surface area (Å²) in [7, 11) is 1.32. The second-order valence-electron chi connectivity index (χ2n) is 5.23. The number of halogens is 1. The lowest BCUT2D eigenvalue weighted by Crippen LogP contribution is -2.23. The third-order valence-electron chi connectivity index (χ3n) is 3.15. The summed E-state index contributed by atoms with van der Waals surface area (Å²) in [6.45, 7) is 3.34. The van der Waals surface area contributed by atoms with Crippen molar-refractivity contribution in [3.05, 3.63) is 41.8 Å². The molecule has 7 nitrogen and oxygen atoms in total. The number of rotatable bonds is 6. The number of amides is 1. The van der Waals surface area contributed by atoms with Crippen LogP contribution in [0, 0.1) is 5.82 Å². The summed E-state index contributed by atoms with van der Waals surface area (Å²) in [4.78, 5) is 23.7. The highest BCUT2D eigenvalue weighted by atomic mass is 19.1. The quantitative estimate of drug-likeness (QED) is 0.820. The smallest absolute Gasteiger partial charge is 0.338 e. The van der Waals surface area contributed by atoms with Gasteiger partial charge in [-0.25, -0.2) is 13.9 Å². The molecule has 0 aliphatic carbocycles. The number of esters is 1. The molecular formula is C16H18FN3O4. The molecule has 0 aliphatic heterocycles. The van der Waals surface area contributed by atoms with E-state index in [-0.39, 0.29) is 17.4 Å². The predicted octanol–water partition coefficient (Wildman–Crippen LogP) is 2.41. The van der Waals surface area contributed by atoms with E-state index in [1.54, 1.807) is 16.9 Å². The van der Waals surface area contributed by atoms with E-state index in [0.717, 1.165) is 6.07 Å². The average Bonchev–Trinajstić information content (AvgIpc) is 3.00. The maximum atomic E-state index is 13.6. The monoisotopic (exact) mass is 335 g/mol. The van der Waals surface area contributed by atoms with Crippen molar-refractivity contribution in [1.29, 1.82) is 0 Å².